The fourth-order valence-corrected chi connectivity index (χ4v) is 3.61. The molecule has 3 atom stereocenters. The van der Waals surface area contributed by atoms with Crippen molar-refractivity contribution in [3.63, 3.8) is 0 Å². The molecule has 3 unspecified atom stereocenters. The molecular formula is C15H20O. The molecule has 0 spiro atoms. The molecule has 0 aromatic rings. The summed E-state index contributed by atoms with van der Waals surface area (Å²) in [5.41, 5.74) is 1.60. The van der Waals surface area contributed by atoms with Crippen LogP contribution in [0.2, 0.25) is 0 Å². The molecule has 1 saturated carbocycles. The van der Waals surface area contributed by atoms with Gasteiger partial charge in [0.25, 0.3) is 0 Å². The molecule has 0 aromatic heterocycles. The lowest BCUT2D eigenvalue weighted by Gasteiger charge is -2.40. The van der Waals surface area contributed by atoms with Gasteiger partial charge >= 0.3 is 0 Å². The van der Waals surface area contributed by atoms with Crippen molar-refractivity contribution in [2.75, 3.05) is 7.11 Å². The van der Waals surface area contributed by atoms with Gasteiger partial charge in [0, 0.05) is 0 Å². The zero-order valence-electron chi connectivity index (χ0n) is 9.99. The van der Waals surface area contributed by atoms with Crippen LogP contribution in [0.1, 0.15) is 32.1 Å². The van der Waals surface area contributed by atoms with E-state index in [2.05, 4.69) is 24.3 Å². The van der Waals surface area contributed by atoms with Gasteiger partial charge in [0.2, 0.25) is 0 Å². The van der Waals surface area contributed by atoms with Crippen LogP contribution in [0.3, 0.4) is 0 Å². The summed E-state index contributed by atoms with van der Waals surface area (Å²) in [5.74, 6) is 3.74. The van der Waals surface area contributed by atoms with Gasteiger partial charge in [-0.2, -0.15) is 0 Å². The summed E-state index contributed by atoms with van der Waals surface area (Å²) in [6.45, 7) is 0. The van der Waals surface area contributed by atoms with E-state index in [0.717, 1.165) is 23.5 Å². The normalized spacial score (nSPS) is 36.9. The van der Waals surface area contributed by atoms with Crippen molar-refractivity contribution < 1.29 is 4.74 Å². The lowest BCUT2D eigenvalue weighted by molar-refractivity contribution is 0.204. The molecule has 3 rings (SSSR count). The summed E-state index contributed by atoms with van der Waals surface area (Å²) in [5, 5.41) is 0. The van der Waals surface area contributed by atoms with Gasteiger partial charge in [-0.15, -0.1) is 0 Å². The van der Waals surface area contributed by atoms with Gasteiger partial charge < -0.3 is 4.74 Å². The Labute approximate surface area is 97.9 Å². The number of ether oxygens (including phenoxy) is 1. The fourth-order valence-electron chi connectivity index (χ4n) is 3.61. The molecular weight excluding hydrogens is 196 g/mol. The fraction of sp³-hybridized carbons (Fsp3) is 0.600. The van der Waals surface area contributed by atoms with Crippen LogP contribution in [0, 0.1) is 17.8 Å². The smallest absolute Gasteiger partial charge is 0.118 e. The van der Waals surface area contributed by atoms with E-state index in [-0.39, 0.29) is 0 Å². The molecule has 0 heterocycles. The average molecular weight is 216 g/mol. The minimum atomic E-state index is 0.771. The van der Waals surface area contributed by atoms with E-state index in [1.54, 1.807) is 5.57 Å². The first-order valence-electron chi connectivity index (χ1n) is 6.47. The van der Waals surface area contributed by atoms with Crippen LogP contribution >= 0.6 is 0 Å². The molecule has 0 aliphatic heterocycles. The van der Waals surface area contributed by atoms with Crippen molar-refractivity contribution in [3.8, 4) is 0 Å². The topological polar surface area (TPSA) is 9.23 Å². The number of rotatable bonds is 1. The summed E-state index contributed by atoms with van der Waals surface area (Å²) in [6.07, 6.45) is 15.7. The zero-order valence-corrected chi connectivity index (χ0v) is 9.99. The third kappa shape index (κ3) is 1.63. The predicted molar refractivity (Wildman–Crippen MR) is 65.9 cm³/mol. The standard InChI is InChI=1S/C15H20O/c1-16-15-8-4-7-13-9-11-5-2-3-6-12(11)10-14(13)15/h2-4,8,11-13H,5-7,9-10H2,1H3. The van der Waals surface area contributed by atoms with E-state index in [9.17, 15) is 0 Å². The quantitative estimate of drug-likeness (QED) is 0.605. The minimum absolute atomic E-state index is 0.771. The largest absolute Gasteiger partial charge is 0.497 e. The maximum absolute atomic E-state index is 5.52. The third-order valence-electron chi connectivity index (χ3n) is 4.50. The van der Waals surface area contributed by atoms with Gasteiger partial charge in [0.05, 0.1) is 7.11 Å². The highest BCUT2D eigenvalue weighted by molar-refractivity contribution is 5.29. The molecule has 86 valence electrons. The Morgan fingerprint density at radius 1 is 1.06 bits per heavy atom. The summed E-state index contributed by atoms with van der Waals surface area (Å²) < 4.78 is 5.52. The highest BCUT2D eigenvalue weighted by atomic mass is 16.5. The van der Waals surface area contributed by atoms with Gasteiger partial charge in [-0.25, -0.2) is 0 Å². The van der Waals surface area contributed by atoms with Gasteiger partial charge in [-0.1, -0.05) is 18.2 Å². The Kier molecular flexibility index (Phi) is 2.62. The predicted octanol–water partition coefficient (Wildman–Crippen LogP) is 3.84. The van der Waals surface area contributed by atoms with Crippen molar-refractivity contribution in [1.29, 1.82) is 0 Å². The Morgan fingerprint density at radius 2 is 1.88 bits per heavy atom. The molecule has 3 aliphatic carbocycles. The number of allylic oxidation sites excluding steroid dienone is 5. The highest BCUT2D eigenvalue weighted by Gasteiger charge is 2.35. The molecule has 0 N–H and O–H groups in total. The number of fused-ring (bicyclic) bond motifs is 2. The summed E-state index contributed by atoms with van der Waals surface area (Å²) >= 11 is 0. The van der Waals surface area contributed by atoms with Crippen molar-refractivity contribution in [2.45, 2.75) is 32.1 Å². The summed E-state index contributed by atoms with van der Waals surface area (Å²) in [7, 11) is 1.81. The van der Waals surface area contributed by atoms with E-state index >= 15 is 0 Å². The number of hydrogen-bond acceptors (Lipinski definition) is 1. The van der Waals surface area contributed by atoms with E-state index < -0.39 is 0 Å². The second kappa shape index (κ2) is 4.12. The maximum Gasteiger partial charge on any atom is 0.118 e. The number of hydrogen-bond donors (Lipinski definition) is 0. The monoisotopic (exact) mass is 216 g/mol. The van der Waals surface area contributed by atoms with E-state index in [1.165, 1.54) is 32.1 Å². The Morgan fingerprint density at radius 3 is 2.69 bits per heavy atom. The van der Waals surface area contributed by atoms with Crippen molar-refractivity contribution >= 4 is 0 Å². The Balaban J connectivity index is 1.87. The third-order valence-corrected chi connectivity index (χ3v) is 4.50. The summed E-state index contributed by atoms with van der Waals surface area (Å²) in [4.78, 5) is 0. The van der Waals surface area contributed by atoms with Gasteiger partial charge in [0.15, 0.2) is 0 Å². The van der Waals surface area contributed by atoms with Crippen molar-refractivity contribution in [2.24, 2.45) is 17.8 Å². The van der Waals surface area contributed by atoms with E-state index in [4.69, 9.17) is 4.74 Å². The van der Waals surface area contributed by atoms with Crippen LogP contribution in [0.4, 0.5) is 0 Å². The molecule has 0 bridgehead atoms. The first-order chi connectivity index (χ1) is 7.88. The molecule has 16 heavy (non-hydrogen) atoms. The maximum atomic E-state index is 5.52. The van der Waals surface area contributed by atoms with Crippen LogP contribution < -0.4 is 0 Å². The Hall–Kier alpha value is -0.980. The van der Waals surface area contributed by atoms with Crippen LogP contribution in [-0.4, -0.2) is 7.11 Å². The molecule has 3 aliphatic rings. The number of methoxy groups -OCH3 is 1. The molecule has 1 fully saturated rings. The highest BCUT2D eigenvalue weighted by Crippen LogP contribution is 2.46. The molecule has 1 heteroatoms. The van der Waals surface area contributed by atoms with Gasteiger partial charge in [0.1, 0.15) is 5.76 Å². The van der Waals surface area contributed by atoms with E-state index in [0.29, 0.717) is 0 Å². The van der Waals surface area contributed by atoms with Crippen molar-refractivity contribution in [3.05, 3.63) is 35.6 Å². The second-order valence-electron chi connectivity index (χ2n) is 5.33. The van der Waals surface area contributed by atoms with Gasteiger partial charge in [-0.3, -0.25) is 0 Å². The van der Waals surface area contributed by atoms with Crippen LogP contribution in [-0.2, 0) is 4.74 Å². The molecule has 0 aromatic carbocycles. The second-order valence-corrected chi connectivity index (χ2v) is 5.33. The van der Waals surface area contributed by atoms with Crippen LogP contribution in [0.25, 0.3) is 0 Å². The first-order valence-corrected chi connectivity index (χ1v) is 6.47. The SMILES string of the molecule is COC1=C2CC3CC=CCC3CC2CC=C1. The zero-order chi connectivity index (χ0) is 11.0. The average Bonchev–Trinajstić information content (AvgIpc) is 2.35. The lowest BCUT2D eigenvalue weighted by atomic mass is 9.65. The molecule has 0 saturated heterocycles. The van der Waals surface area contributed by atoms with Crippen LogP contribution in [0.5, 0.6) is 0 Å². The lowest BCUT2D eigenvalue weighted by Crippen LogP contribution is -2.29. The summed E-state index contributed by atoms with van der Waals surface area (Å²) in [6, 6.07) is 0. The van der Waals surface area contributed by atoms with Crippen LogP contribution in [0.15, 0.2) is 35.6 Å². The van der Waals surface area contributed by atoms with Crippen molar-refractivity contribution in [1.82, 2.24) is 0 Å². The minimum Gasteiger partial charge on any atom is -0.497 e. The Bertz CT molecular complexity index is 362. The molecule has 0 radical (unpaired) electrons. The first kappa shape index (κ1) is 10.2. The van der Waals surface area contributed by atoms with Gasteiger partial charge in [-0.05, 0) is 61.5 Å². The molecule has 1 nitrogen and oxygen atoms in total. The van der Waals surface area contributed by atoms with E-state index in [1.807, 2.05) is 7.11 Å². The molecule has 0 amide bonds.